The molecule has 2 atom stereocenters. The molecule has 15 heteroatoms. The molecule has 2 aliphatic heterocycles. The number of methoxy groups -OCH3 is 1. The zero-order chi connectivity index (χ0) is 36.3. The van der Waals surface area contributed by atoms with Crippen LogP contribution in [0, 0.1) is 28.4 Å². The maximum Gasteiger partial charge on any atom is 0.417 e. The van der Waals surface area contributed by atoms with Crippen molar-refractivity contribution in [2.24, 2.45) is 5.41 Å². The minimum absolute atomic E-state index is 0.0423. The van der Waals surface area contributed by atoms with E-state index in [1.165, 1.54) is 45.5 Å². The Morgan fingerprint density at radius 2 is 1.96 bits per heavy atom. The molecule has 2 aromatic carbocycles. The van der Waals surface area contributed by atoms with Gasteiger partial charge in [-0.05, 0) is 75.4 Å². The number of ether oxygens (including phenoxy) is 1. The average molecular weight is 714 g/mol. The first-order valence-corrected chi connectivity index (χ1v) is 16.9. The molecule has 4 aromatic rings. The number of thiophene rings is 1. The van der Waals surface area contributed by atoms with Crippen molar-refractivity contribution in [3.63, 3.8) is 0 Å². The normalized spacial score (nSPS) is 19.8. The summed E-state index contributed by atoms with van der Waals surface area (Å²) in [5.74, 6) is -2.52. The summed E-state index contributed by atoms with van der Waals surface area (Å²) in [4.78, 5) is 26.2. The summed E-state index contributed by atoms with van der Waals surface area (Å²) in [5, 5.41) is 9.07. The molecule has 1 aliphatic carbocycles. The molecule has 1 spiro atoms. The van der Waals surface area contributed by atoms with E-state index in [-0.39, 0.29) is 55.4 Å². The van der Waals surface area contributed by atoms with Gasteiger partial charge in [-0.1, -0.05) is 12.6 Å². The van der Waals surface area contributed by atoms with Crippen LogP contribution < -0.4 is 15.4 Å². The predicted molar refractivity (Wildman–Crippen MR) is 183 cm³/mol. The fourth-order valence-corrected chi connectivity index (χ4v) is 8.27. The summed E-state index contributed by atoms with van der Waals surface area (Å²) < 4.78 is 80.2. The summed E-state index contributed by atoms with van der Waals surface area (Å²) in [6.07, 6.45) is 1.06. The molecule has 2 aromatic heterocycles. The van der Waals surface area contributed by atoms with Crippen molar-refractivity contribution in [3.05, 3.63) is 53.6 Å². The highest BCUT2D eigenvalue weighted by atomic mass is 32.1. The summed E-state index contributed by atoms with van der Waals surface area (Å²) in [7, 11) is 5.04. The minimum atomic E-state index is -5.08. The second-order valence-corrected chi connectivity index (χ2v) is 14.3. The Balaban J connectivity index is 0.000000469. The van der Waals surface area contributed by atoms with Gasteiger partial charge in [0.25, 0.3) is 0 Å². The highest BCUT2D eigenvalue weighted by molar-refractivity contribution is 7.23. The number of nitrogen functional groups attached to an aromatic ring is 1. The molecule has 2 N–H and O–H groups in total. The third-order valence-corrected chi connectivity index (χ3v) is 11.2. The van der Waals surface area contributed by atoms with Crippen LogP contribution in [0.15, 0.2) is 30.9 Å². The largest absolute Gasteiger partial charge is 0.467 e. The van der Waals surface area contributed by atoms with Crippen molar-refractivity contribution in [1.29, 1.82) is 5.26 Å². The summed E-state index contributed by atoms with van der Waals surface area (Å²) in [6, 6.07) is 3.35. The lowest BCUT2D eigenvalue weighted by Crippen LogP contribution is -2.43. The molecule has 0 unspecified atom stereocenters. The smallest absolute Gasteiger partial charge is 0.417 e. The number of benzene rings is 2. The zero-order valence-electron chi connectivity index (χ0n) is 28.0. The summed E-state index contributed by atoms with van der Waals surface area (Å²) >= 11 is 0.682. The second-order valence-electron chi connectivity index (χ2n) is 13.2. The maximum atomic E-state index is 16.5. The Kier molecular flexibility index (Phi) is 9.15. The van der Waals surface area contributed by atoms with Crippen molar-refractivity contribution in [3.8, 4) is 23.2 Å². The van der Waals surface area contributed by atoms with Crippen LogP contribution in [0.5, 0.6) is 6.01 Å². The van der Waals surface area contributed by atoms with E-state index in [2.05, 4.69) is 28.5 Å². The highest BCUT2D eigenvalue weighted by Crippen LogP contribution is 2.52. The quantitative estimate of drug-likeness (QED) is 0.174. The average Bonchev–Trinajstić information content (AvgIpc) is 3.37. The first-order chi connectivity index (χ1) is 23.6. The molecule has 264 valence electrons. The highest BCUT2D eigenvalue weighted by Gasteiger charge is 2.46. The number of halogens is 5. The van der Waals surface area contributed by atoms with Crippen molar-refractivity contribution in [2.45, 2.75) is 50.9 Å². The number of amides is 1. The van der Waals surface area contributed by atoms with E-state index in [1.807, 2.05) is 0 Å². The van der Waals surface area contributed by atoms with E-state index < -0.39 is 40.5 Å². The monoisotopic (exact) mass is 713 g/mol. The number of hydrogen-bond acceptors (Lipinski definition) is 9. The molecule has 4 heterocycles. The Morgan fingerprint density at radius 3 is 2.52 bits per heavy atom. The van der Waals surface area contributed by atoms with Crippen LogP contribution in [0.3, 0.4) is 0 Å². The number of anilines is 2. The number of nitrogens with two attached hydrogens (primary N) is 1. The van der Waals surface area contributed by atoms with Crippen LogP contribution in [0.4, 0.5) is 32.8 Å². The summed E-state index contributed by atoms with van der Waals surface area (Å²) in [6.45, 7) is 8.40. The number of likely N-dealkylation sites (N-methyl/N-ethyl adjacent to an activating group) is 1. The molecule has 0 radical (unpaired) electrons. The first-order valence-electron chi connectivity index (χ1n) is 16.1. The lowest BCUT2D eigenvalue weighted by molar-refractivity contribution is -0.137. The number of hydrogen-bond donors (Lipinski definition) is 1. The fraction of sp³-hybridized carbons (Fsp3) is 0.429. The van der Waals surface area contributed by atoms with Gasteiger partial charge in [0, 0.05) is 42.5 Å². The topological polar surface area (TPSA) is 112 Å². The Hall–Kier alpha value is -4.55. The van der Waals surface area contributed by atoms with Gasteiger partial charge in [-0.2, -0.15) is 28.4 Å². The van der Waals surface area contributed by atoms with Gasteiger partial charge in [0.1, 0.15) is 28.2 Å². The van der Waals surface area contributed by atoms with Crippen LogP contribution in [-0.4, -0.2) is 78.6 Å². The molecule has 9 nitrogen and oxygen atoms in total. The van der Waals surface area contributed by atoms with Gasteiger partial charge >= 0.3 is 12.2 Å². The number of carbonyl (C=O) groups excluding carboxylic acids is 1. The van der Waals surface area contributed by atoms with Crippen LogP contribution in [-0.2, 0) is 11.0 Å². The molecule has 0 bridgehead atoms. The van der Waals surface area contributed by atoms with E-state index in [1.54, 1.807) is 29.8 Å². The lowest BCUT2D eigenvalue weighted by Gasteiger charge is -2.32. The van der Waals surface area contributed by atoms with E-state index in [9.17, 15) is 27.6 Å². The lowest BCUT2D eigenvalue weighted by atomic mass is 9.92. The van der Waals surface area contributed by atoms with Gasteiger partial charge in [0.2, 0.25) is 5.91 Å². The third kappa shape index (κ3) is 6.08. The zero-order valence-corrected chi connectivity index (χ0v) is 28.8. The van der Waals surface area contributed by atoms with Crippen LogP contribution >= 0.6 is 11.3 Å². The van der Waals surface area contributed by atoms with Gasteiger partial charge in [0.05, 0.1) is 29.0 Å². The van der Waals surface area contributed by atoms with Crippen molar-refractivity contribution >= 4 is 49.1 Å². The molecule has 50 heavy (non-hydrogen) atoms. The van der Waals surface area contributed by atoms with Gasteiger partial charge in [-0.3, -0.25) is 4.79 Å². The van der Waals surface area contributed by atoms with Crippen molar-refractivity contribution < 1.29 is 31.5 Å². The first kappa shape index (κ1) is 35.3. The van der Waals surface area contributed by atoms with Crippen molar-refractivity contribution in [2.75, 3.05) is 51.5 Å². The van der Waals surface area contributed by atoms with Crippen LogP contribution in [0.1, 0.15) is 43.7 Å². The number of likely N-dealkylation sites (tertiary alicyclic amines) is 2. The number of nitriles is 1. The molecule has 2 saturated heterocycles. The number of alkyl halides is 3. The van der Waals surface area contributed by atoms with E-state index in [0.717, 1.165) is 23.6 Å². The number of nitrogens with zero attached hydrogens (tertiary/aromatic N) is 6. The maximum absolute atomic E-state index is 16.5. The van der Waals surface area contributed by atoms with Gasteiger partial charge in [-0.15, -0.1) is 11.3 Å². The molecule has 3 fully saturated rings. The number of rotatable bonds is 5. The predicted octanol–water partition coefficient (Wildman–Crippen LogP) is 6.98. The number of fused-ring (bicyclic) bond motifs is 2. The van der Waals surface area contributed by atoms with E-state index in [4.69, 9.17) is 10.5 Å². The molecule has 7 rings (SSSR count). The van der Waals surface area contributed by atoms with Crippen LogP contribution in [0.2, 0.25) is 0 Å². The molecular weight excluding hydrogens is 677 g/mol. The Labute approximate surface area is 289 Å². The van der Waals surface area contributed by atoms with Gasteiger partial charge < -0.3 is 25.2 Å². The van der Waals surface area contributed by atoms with Crippen LogP contribution in [0.25, 0.3) is 32.1 Å². The number of carbonyl (C=O) groups is 1. The Bertz CT molecular complexity index is 2060. The molecule has 1 amide bonds. The van der Waals surface area contributed by atoms with E-state index >= 15 is 4.39 Å². The summed E-state index contributed by atoms with van der Waals surface area (Å²) in [5.41, 5.74) is 3.33. The number of aromatic nitrogens is 2. The van der Waals surface area contributed by atoms with Gasteiger partial charge in [0.15, 0.2) is 5.82 Å². The van der Waals surface area contributed by atoms with Gasteiger partial charge in [-0.25, -0.2) is 8.78 Å². The van der Waals surface area contributed by atoms with E-state index in [0.29, 0.717) is 24.3 Å². The Morgan fingerprint density at radius 1 is 1.24 bits per heavy atom. The second kappa shape index (κ2) is 13.0. The standard InChI is InChI=1S/C28H23F5N6O2S.C7H13N/c1-5-19(40)39-9-8-18(12(39)2)38(3)26-14-10-16(28(31,32)33)21(22(30)23(14)36-27(37-26)41-4)13-6-7-17(29)24-20(13)15(11-34)25(35)42-24;1-8-5-4-7(6-8)2-3-7/h5-7,10,12,18H,1,8-9,35H2,2-4H3;2-6H2,1H3/t12-,18-;/m1./s1. The SMILES string of the molecule is C=CC(=O)N1CC[C@@H](N(C)c2nc(OC)nc3c(F)c(-c4ccc(F)c5sc(N)c(C#N)c45)c(C(F)(F)F)cc23)[C@H]1C.CN1CCC2(CC2)C1. The third-order valence-electron chi connectivity index (χ3n) is 10.2. The molecular formula is C35H36F5N7O2S. The molecule has 3 aliphatic rings. The van der Waals surface area contributed by atoms with Crippen molar-refractivity contribution in [1.82, 2.24) is 19.8 Å². The minimum Gasteiger partial charge on any atom is -0.467 e. The fourth-order valence-electron chi connectivity index (χ4n) is 7.32. The molecule has 1 saturated carbocycles.